The molecule has 0 atom stereocenters. The van der Waals surface area contributed by atoms with Crippen LogP contribution in [0.3, 0.4) is 0 Å². The summed E-state index contributed by atoms with van der Waals surface area (Å²) in [7, 11) is 0. The first-order chi connectivity index (χ1) is 11.6. The van der Waals surface area contributed by atoms with Crippen LogP contribution >= 0.6 is 24.0 Å². The summed E-state index contributed by atoms with van der Waals surface area (Å²) < 4.78 is 5.99. The highest BCUT2D eigenvalue weighted by atomic mass is 127. The van der Waals surface area contributed by atoms with E-state index in [1.54, 1.807) is 0 Å². The van der Waals surface area contributed by atoms with Crippen molar-refractivity contribution in [2.24, 2.45) is 10.7 Å². The molecule has 0 saturated carbocycles. The van der Waals surface area contributed by atoms with E-state index in [1.807, 2.05) is 0 Å². The maximum atomic E-state index is 5.99. The third-order valence-electron chi connectivity index (χ3n) is 4.16. The van der Waals surface area contributed by atoms with Crippen molar-refractivity contribution in [1.29, 1.82) is 0 Å². The molecule has 0 aromatic heterocycles. The summed E-state index contributed by atoms with van der Waals surface area (Å²) in [5.41, 5.74) is 7.16. The Morgan fingerprint density at radius 1 is 1.28 bits per heavy atom. The van der Waals surface area contributed by atoms with Gasteiger partial charge in [0.25, 0.3) is 0 Å². The average molecular weight is 460 g/mol. The van der Waals surface area contributed by atoms with Crippen molar-refractivity contribution in [2.75, 3.05) is 26.2 Å². The molecule has 1 aromatic rings. The van der Waals surface area contributed by atoms with E-state index in [0.29, 0.717) is 18.1 Å². The van der Waals surface area contributed by atoms with Gasteiger partial charge >= 0.3 is 0 Å². The molecule has 0 unspecified atom stereocenters. The minimum atomic E-state index is 0. The monoisotopic (exact) mass is 460 g/mol. The molecule has 1 saturated heterocycles. The van der Waals surface area contributed by atoms with Crippen LogP contribution in [-0.4, -0.2) is 49.2 Å². The van der Waals surface area contributed by atoms with Gasteiger partial charge in [0, 0.05) is 38.8 Å². The van der Waals surface area contributed by atoms with Crippen LogP contribution in [0.5, 0.6) is 0 Å². The van der Waals surface area contributed by atoms with E-state index in [0.717, 1.165) is 52.0 Å². The highest BCUT2D eigenvalue weighted by molar-refractivity contribution is 14.0. The fraction of sp³-hybridized carbons (Fsp3) is 0.632. The van der Waals surface area contributed by atoms with E-state index in [2.05, 4.69) is 59.4 Å². The number of hydrogen-bond acceptors (Lipinski definition) is 3. The van der Waals surface area contributed by atoms with Gasteiger partial charge < -0.3 is 15.8 Å². The average Bonchev–Trinajstić information content (AvgIpc) is 2.56. The van der Waals surface area contributed by atoms with Crippen LogP contribution in [0.2, 0.25) is 0 Å². The highest BCUT2D eigenvalue weighted by Gasteiger charge is 2.19. The van der Waals surface area contributed by atoms with Crippen LogP contribution in [0, 0.1) is 0 Å². The summed E-state index contributed by atoms with van der Waals surface area (Å²) in [6.07, 6.45) is 3.55. The van der Waals surface area contributed by atoms with Crippen molar-refractivity contribution >= 4 is 29.9 Å². The Hall–Kier alpha value is -0.860. The standard InChI is InChI=1S/C19H32N4O.HI/c1-16(2)22-19(20)21-11-6-14-24-18-9-12-23(13-10-18)15-17-7-4-3-5-8-17;/h3-5,7-8,16,18H,6,9-15H2,1-2H3,(H3,20,21,22);1H. The molecule has 1 fully saturated rings. The Balaban J connectivity index is 0.00000312. The fourth-order valence-corrected chi connectivity index (χ4v) is 2.93. The number of rotatable bonds is 8. The number of benzene rings is 1. The van der Waals surface area contributed by atoms with E-state index in [4.69, 9.17) is 10.5 Å². The zero-order valence-electron chi connectivity index (χ0n) is 15.5. The summed E-state index contributed by atoms with van der Waals surface area (Å²) in [6.45, 7) is 8.86. The molecule has 2 rings (SSSR count). The molecule has 25 heavy (non-hydrogen) atoms. The fourth-order valence-electron chi connectivity index (χ4n) is 2.93. The van der Waals surface area contributed by atoms with Crippen LogP contribution < -0.4 is 11.1 Å². The summed E-state index contributed by atoms with van der Waals surface area (Å²) in [5.74, 6) is 0.527. The lowest BCUT2D eigenvalue weighted by atomic mass is 10.1. The number of nitrogens with zero attached hydrogens (tertiary/aromatic N) is 2. The molecule has 0 amide bonds. The molecule has 3 N–H and O–H groups in total. The van der Waals surface area contributed by atoms with Crippen LogP contribution in [0.1, 0.15) is 38.7 Å². The van der Waals surface area contributed by atoms with Gasteiger partial charge in [0.15, 0.2) is 5.96 Å². The van der Waals surface area contributed by atoms with E-state index in [1.165, 1.54) is 5.56 Å². The van der Waals surface area contributed by atoms with Crippen molar-refractivity contribution < 1.29 is 4.74 Å². The molecule has 0 bridgehead atoms. The molecule has 0 spiro atoms. The predicted octanol–water partition coefficient (Wildman–Crippen LogP) is 2.99. The van der Waals surface area contributed by atoms with Crippen molar-refractivity contribution in [3.63, 3.8) is 0 Å². The Morgan fingerprint density at radius 2 is 1.96 bits per heavy atom. The second-order valence-corrected chi connectivity index (χ2v) is 6.75. The first-order valence-electron chi connectivity index (χ1n) is 9.08. The minimum Gasteiger partial charge on any atom is -0.378 e. The number of hydrogen-bond donors (Lipinski definition) is 2. The minimum absolute atomic E-state index is 0. The Kier molecular flexibility index (Phi) is 11.1. The molecule has 0 radical (unpaired) electrons. The summed E-state index contributed by atoms with van der Waals surface area (Å²) in [4.78, 5) is 6.81. The lowest BCUT2D eigenvalue weighted by molar-refractivity contribution is 0.00566. The number of piperidine rings is 1. The van der Waals surface area contributed by atoms with E-state index in [9.17, 15) is 0 Å². The van der Waals surface area contributed by atoms with E-state index < -0.39 is 0 Å². The van der Waals surface area contributed by atoms with Crippen LogP contribution in [0.25, 0.3) is 0 Å². The SMILES string of the molecule is CC(C)NC(N)=NCCCOC1CCN(Cc2ccccc2)CC1.I. The number of likely N-dealkylation sites (tertiary alicyclic amines) is 1. The zero-order valence-corrected chi connectivity index (χ0v) is 17.8. The summed E-state index contributed by atoms with van der Waals surface area (Å²) >= 11 is 0. The van der Waals surface area contributed by atoms with Crippen molar-refractivity contribution in [2.45, 2.75) is 51.8 Å². The number of nitrogens with one attached hydrogen (secondary N) is 1. The zero-order chi connectivity index (χ0) is 17.2. The number of ether oxygens (including phenoxy) is 1. The molecule has 1 aliphatic rings. The molecule has 6 heteroatoms. The number of halogens is 1. The largest absolute Gasteiger partial charge is 0.378 e. The summed E-state index contributed by atoms with van der Waals surface area (Å²) in [5, 5.41) is 3.09. The smallest absolute Gasteiger partial charge is 0.188 e. The maximum Gasteiger partial charge on any atom is 0.188 e. The number of guanidine groups is 1. The first kappa shape index (κ1) is 22.2. The van der Waals surface area contributed by atoms with Gasteiger partial charge in [-0.05, 0) is 38.7 Å². The Morgan fingerprint density at radius 3 is 2.60 bits per heavy atom. The van der Waals surface area contributed by atoms with Gasteiger partial charge in [0.1, 0.15) is 0 Å². The lowest BCUT2D eigenvalue weighted by Gasteiger charge is -2.31. The molecule has 1 aliphatic heterocycles. The first-order valence-corrected chi connectivity index (χ1v) is 9.08. The molecule has 1 aromatic carbocycles. The highest BCUT2D eigenvalue weighted by Crippen LogP contribution is 2.16. The predicted molar refractivity (Wildman–Crippen MR) is 115 cm³/mol. The summed E-state index contributed by atoms with van der Waals surface area (Å²) in [6, 6.07) is 11.0. The Bertz CT molecular complexity index is 487. The number of nitrogens with two attached hydrogens (primary N) is 1. The molecule has 142 valence electrons. The molecular formula is C19H33IN4O. The van der Waals surface area contributed by atoms with Gasteiger partial charge in [0.05, 0.1) is 6.10 Å². The van der Waals surface area contributed by atoms with Gasteiger partial charge in [-0.15, -0.1) is 24.0 Å². The quantitative estimate of drug-likeness (QED) is 0.271. The van der Waals surface area contributed by atoms with Crippen molar-refractivity contribution in [3.05, 3.63) is 35.9 Å². The molecule has 5 nitrogen and oxygen atoms in total. The van der Waals surface area contributed by atoms with Crippen molar-refractivity contribution in [3.8, 4) is 0 Å². The van der Waals surface area contributed by atoms with Gasteiger partial charge in [-0.25, -0.2) is 0 Å². The van der Waals surface area contributed by atoms with Crippen molar-refractivity contribution in [1.82, 2.24) is 10.2 Å². The third kappa shape index (κ3) is 9.42. The maximum absolute atomic E-state index is 5.99. The second kappa shape index (κ2) is 12.5. The molecule has 0 aliphatic carbocycles. The van der Waals surface area contributed by atoms with Gasteiger partial charge in [-0.2, -0.15) is 0 Å². The van der Waals surface area contributed by atoms with E-state index in [-0.39, 0.29) is 24.0 Å². The molecule has 1 heterocycles. The van der Waals surface area contributed by atoms with Crippen LogP contribution in [0.15, 0.2) is 35.3 Å². The van der Waals surface area contributed by atoms with Gasteiger partial charge in [0.2, 0.25) is 0 Å². The second-order valence-electron chi connectivity index (χ2n) is 6.75. The van der Waals surface area contributed by atoms with E-state index >= 15 is 0 Å². The lowest BCUT2D eigenvalue weighted by Crippen LogP contribution is -2.37. The Labute approximate surface area is 169 Å². The van der Waals surface area contributed by atoms with Crippen LogP contribution in [0.4, 0.5) is 0 Å². The van der Waals surface area contributed by atoms with Gasteiger partial charge in [-0.1, -0.05) is 30.3 Å². The normalized spacial score (nSPS) is 16.7. The topological polar surface area (TPSA) is 62.9 Å². The van der Waals surface area contributed by atoms with Gasteiger partial charge in [-0.3, -0.25) is 9.89 Å². The number of aliphatic imine (C=N–C) groups is 1. The molecular weight excluding hydrogens is 427 g/mol. The van der Waals surface area contributed by atoms with Crippen LogP contribution in [-0.2, 0) is 11.3 Å². The third-order valence-corrected chi connectivity index (χ3v) is 4.16.